The lowest BCUT2D eigenvalue weighted by Gasteiger charge is -2.16. The number of hydrogen-bond acceptors (Lipinski definition) is 6. The van der Waals surface area contributed by atoms with E-state index in [9.17, 15) is 4.79 Å². The lowest BCUT2D eigenvalue weighted by Crippen LogP contribution is -2.23. The number of anilines is 2. The van der Waals surface area contributed by atoms with Crippen LogP contribution in [0.25, 0.3) is 11.5 Å². The second-order valence-electron chi connectivity index (χ2n) is 7.61. The maximum atomic E-state index is 11.3. The Hall–Kier alpha value is -3.35. The molecule has 0 aromatic carbocycles. The summed E-state index contributed by atoms with van der Waals surface area (Å²) in [7, 11) is 4.06. The molecule has 0 spiro atoms. The molecule has 0 bridgehead atoms. The van der Waals surface area contributed by atoms with Crippen molar-refractivity contribution in [3.05, 3.63) is 60.2 Å². The van der Waals surface area contributed by atoms with Gasteiger partial charge in [0.05, 0.1) is 0 Å². The molecule has 0 saturated carbocycles. The average Bonchev–Trinajstić information content (AvgIpc) is 3.43. The number of nitrogens with zero attached hydrogens (tertiary/aromatic N) is 6. The molecule has 30 heavy (non-hydrogen) atoms. The number of carbonyl (C=O) groups excluding carboxylic acids is 1. The molecule has 0 N–H and O–H groups in total. The molecule has 1 aliphatic carbocycles. The van der Waals surface area contributed by atoms with Gasteiger partial charge >= 0.3 is 0 Å². The van der Waals surface area contributed by atoms with Crippen LogP contribution in [-0.2, 0) is 17.6 Å². The SMILES string of the molecule is CN(C)c1nc(-c2ccccn2)nc2c1CCC2.O=C1CCCN1c1ccncc1. The summed E-state index contributed by atoms with van der Waals surface area (Å²) in [6.45, 7) is 0.850. The van der Waals surface area contributed by atoms with E-state index in [4.69, 9.17) is 0 Å². The molecule has 5 rings (SSSR count). The van der Waals surface area contributed by atoms with E-state index < -0.39 is 0 Å². The van der Waals surface area contributed by atoms with Crippen LogP contribution in [0.3, 0.4) is 0 Å². The Balaban J connectivity index is 0.000000158. The smallest absolute Gasteiger partial charge is 0.227 e. The van der Waals surface area contributed by atoms with Gasteiger partial charge in [0.25, 0.3) is 0 Å². The van der Waals surface area contributed by atoms with Crippen LogP contribution >= 0.6 is 0 Å². The third-order valence-corrected chi connectivity index (χ3v) is 5.28. The normalized spacial score (nSPS) is 14.9. The van der Waals surface area contributed by atoms with Crippen molar-refractivity contribution >= 4 is 17.4 Å². The number of aryl methyl sites for hydroxylation is 1. The third kappa shape index (κ3) is 4.30. The number of fused-ring (bicyclic) bond motifs is 1. The van der Waals surface area contributed by atoms with Crippen molar-refractivity contribution in [2.45, 2.75) is 32.1 Å². The Morgan fingerprint density at radius 1 is 0.933 bits per heavy atom. The minimum absolute atomic E-state index is 0.223. The first-order valence-electron chi connectivity index (χ1n) is 10.3. The Morgan fingerprint density at radius 3 is 2.43 bits per heavy atom. The Bertz CT molecular complexity index is 1010. The standard InChI is InChI=1S/C14H16N4.C9H10N2O/c1-18(2)14-10-6-5-8-11(10)16-13(17-14)12-7-3-4-9-15-12;12-9-2-1-7-11(9)8-3-5-10-6-4-8/h3-4,7,9H,5-6,8H2,1-2H3;3-6H,1-2,7H2. The third-order valence-electron chi connectivity index (χ3n) is 5.28. The van der Waals surface area contributed by atoms with Gasteiger partial charge in [0.15, 0.2) is 5.82 Å². The highest BCUT2D eigenvalue weighted by Crippen LogP contribution is 2.29. The predicted molar refractivity (Wildman–Crippen MR) is 117 cm³/mol. The maximum Gasteiger partial charge on any atom is 0.227 e. The van der Waals surface area contributed by atoms with Crippen LogP contribution in [0, 0.1) is 0 Å². The predicted octanol–water partition coefficient (Wildman–Crippen LogP) is 3.30. The fourth-order valence-corrected chi connectivity index (χ4v) is 3.84. The van der Waals surface area contributed by atoms with Crippen molar-refractivity contribution in [3.8, 4) is 11.5 Å². The van der Waals surface area contributed by atoms with Gasteiger partial charge in [-0.25, -0.2) is 9.97 Å². The highest BCUT2D eigenvalue weighted by Gasteiger charge is 2.22. The fourth-order valence-electron chi connectivity index (χ4n) is 3.84. The number of aromatic nitrogens is 4. The number of hydrogen-bond donors (Lipinski definition) is 0. The van der Waals surface area contributed by atoms with Gasteiger partial charge in [0, 0.05) is 62.6 Å². The molecule has 154 valence electrons. The zero-order valence-corrected chi connectivity index (χ0v) is 17.5. The molecule has 1 fully saturated rings. The van der Waals surface area contributed by atoms with Crippen LogP contribution in [-0.4, -0.2) is 46.5 Å². The van der Waals surface area contributed by atoms with Gasteiger partial charge in [0.1, 0.15) is 11.5 Å². The van der Waals surface area contributed by atoms with Crippen LogP contribution in [0.5, 0.6) is 0 Å². The quantitative estimate of drug-likeness (QED) is 0.669. The van der Waals surface area contributed by atoms with Crippen LogP contribution in [0.2, 0.25) is 0 Å². The van der Waals surface area contributed by atoms with E-state index in [2.05, 4.69) is 24.8 Å². The molecule has 0 unspecified atom stereocenters. The molecule has 4 heterocycles. The van der Waals surface area contributed by atoms with Crippen LogP contribution in [0.1, 0.15) is 30.5 Å². The van der Waals surface area contributed by atoms with Crippen LogP contribution < -0.4 is 9.80 Å². The van der Waals surface area contributed by atoms with E-state index in [0.717, 1.165) is 48.8 Å². The molecule has 0 radical (unpaired) electrons. The maximum absolute atomic E-state index is 11.3. The zero-order chi connectivity index (χ0) is 20.9. The average molecular weight is 403 g/mol. The summed E-state index contributed by atoms with van der Waals surface area (Å²) in [5.74, 6) is 2.00. The van der Waals surface area contributed by atoms with Gasteiger partial charge in [-0.1, -0.05) is 6.07 Å². The molecule has 7 nitrogen and oxygen atoms in total. The largest absolute Gasteiger partial charge is 0.362 e. The number of amides is 1. The minimum Gasteiger partial charge on any atom is -0.362 e. The number of carbonyl (C=O) groups is 1. The molecule has 3 aromatic rings. The number of rotatable bonds is 3. The monoisotopic (exact) mass is 402 g/mol. The first-order chi connectivity index (χ1) is 14.6. The van der Waals surface area contributed by atoms with E-state index in [1.165, 1.54) is 17.7 Å². The number of pyridine rings is 2. The Kier molecular flexibility index (Phi) is 5.97. The molecule has 7 heteroatoms. The van der Waals surface area contributed by atoms with Gasteiger partial charge < -0.3 is 9.80 Å². The van der Waals surface area contributed by atoms with Crippen molar-refractivity contribution < 1.29 is 4.79 Å². The lowest BCUT2D eigenvalue weighted by atomic mass is 10.2. The first-order valence-corrected chi connectivity index (χ1v) is 10.3. The van der Waals surface area contributed by atoms with Crippen LogP contribution in [0.4, 0.5) is 11.5 Å². The summed E-state index contributed by atoms with van der Waals surface area (Å²) in [5, 5.41) is 0. The summed E-state index contributed by atoms with van der Waals surface area (Å²) in [6.07, 6.45) is 10.2. The Labute approximate surface area is 176 Å². The fraction of sp³-hybridized carbons (Fsp3) is 0.348. The van der Waals surface area contributed by atoms with Gasteiger partial charge in [-0.2, -0.15) is 0 Å². The molecule has 1 saturated heterocycles. The van der Waals surface area contributed by atoms with Gasteiger partial charge in [-0.05, 0) is 49.9 Å². The summed E-state index contributed by atoms with van der Waals surface area (Å²) in [4.78, 5) is 32.7. The van der Waals surface area contributed by atoms with Crippen molar-refractivity contribution in [3.63, 3.8) is 0 Å². The minimum atomic E-state index is 0.223. The zero-order valence-electron chi connectivity index (χ0n) is 17.5. The van der Waals surface area contributed by atoms with E-state index in [0.29, 0.717) is 6.42 Å². The van der Waals surface area contributed by atoms with E-state index in [1.54, 1.807) is 18.6 Å². The van der Waals surface area contributed by atoms with Gasteiger partial charge in [0.2, 0.25) is 5.91 Å². The van der Waals surface area contributed by atoms with Crippen molar-refractivity contribution in [1.82, 2.24) is 19.9 Å². The molecule has 1 amide bonds. The van der Waals surface area contributed by atoms with E-state index in [1.807, 2.05) is 49.3 Å². The lowest BCUT2D eigenvalue weighted by molar-refractivity contribution is -0.117. The topological polar surface area (TPSA) is 75.1 Å². The molecule has 0 atom stereocenters. The highest BCUT2D eigenvalue weighted by atomic mass is 16.2. The molecule has 2 aliphatic rings. The van der Waals surface area contributed by atoms with Crippen molar-refractivity contribution in [2.75, 3.05) is 30.4 Å². The molecule has 3 aromatic heterocycles. The summed E-state index contributed by atoms with van der Waals surface area (Å²) < 4.78 is 0. The highest BCUT2D eigenvalue weighted by molar-refractivity contribution is 5.95. The Morgan fingerprint density at radius 2 is 1.77 bits per heavy atom. The van der Waals surface area contributed by atoms with Crippen molar-refractivity contribution in [1.29, 1.82) is 0 Å². The second-order valence-corrected chi connectivity index (χ2v) is 7.61. The molecule has 1 aliphatic heterocycles. The first kappa shape index (κ1) is 19.9. The molecular formula is C23H26N6O. The van der Waals surface area contributed by atoms with E-state index in [-0.39, 0.29) is 5.91 Å². The summed E-state index contributed by atoms with van der Waals surface area (Å²) >= 11 is 0. The van der Waals surface area contributed by atoms with Gasteiger partial charge in [-0.3, -0.25) is 14.8 Å². The summed E-state index contributed by atoms with van der Waals surface area (Å²) in [5.41, 5.74) is 4.30. The van der Waals surface area contributed by atoms with Gasteiger partial charge in [-0.15, -0.1) is 0 Å². The second kappa shape index (κ2) is 8.98. The van der Waals surface area contributed by atoms with E-state index >= 15 is 0 Å². The van der Waals surface area contributed by atoms with Crippen LogP contribution in [0.15, 0.2) is 48.9 Å². The summed E-state index contributed by atoms with van der Waals surface area (Å²) in [6, 6.07) is 9.56. The van der Waals surface area contributed by atoms with Crippen molar-refractivity contribution in [2.24, 2.45) is 0 Å². The molecular weight excluding hydrogens is 376 g/mol.